The van der Waals surface area contributed by atoms with Crippen LogP contribution >= 0.6 is 0 Å². The molecule has 0 saturated carbocycles. The molecule has 5 atom stereocenters. The molecule has 4 aliphatic heterocycles. The summed E-state index contributed by atoms with van der Waals surface area (Å²) in [4.78, 5) is 17.3. The number of nitrogens with one attached hydrogen (secondary N) is 3. The maximum atomic E-state index is 12.7. The molecule has 130 valence electrons. The number of carbonyl (C=O) groups is 1. The zero-order valence-corrected chi connectivity index (χ0v) is 13.8. The van der Waals surface area contributed by atoms with Crippen molar-refractivity contribution in [2.24, 2.45) is 5.92 Å². The molecule has 7 heteroatoms. The van der Waals surface area contributed by atoms with Crippen molar-refractivity contribution >= 4 is 5.91 Å². The lowest BCUT2D eigenvalue weighted by Crippen LogP contribution is -2.72. The third-order valence-electron chi connectivity index (χ3n) is 5.71. The van der Waals surface area contributed by atoms with E-state index in [2.05, 4.69) is 25.8 Å². The van der Waals surface area contributed by atoms with Crippen LogP contribution in [0, 0.1) is 5.92 Å². The summed E-state index contributed by atoms with van der Waals surface area (Å²) in [7, 11) is 0. The Kier molecular flexibility index (Phi) is 4.82. The highest BCUT2D eigenvalue weighted by Gasteiger charge is 2.43. The second kappa shape index (κ2) is 7.03. The van der Waals surface area contributed by atoms with E-state index in [-0.39, 0.29) is 12.5 Å². The predicted octanol–water partition coefficient (Wildman–Crippen LogP) is -0.888. The van der Waals surface area contributed by atoms with Gasteiger partial charge in [-0.15, -0.1) is 0 Å². The molecule has 0 aliphatic carbocycles. The average molecular weight is 323 g/mol. The number of ether oxygens (including phenoxy) is 1. The number of rotatable bonds is 0. The van der Waals surface area contributed by atoms with Gasteiger partial charge in [-0.2, -0.15) is 0 Å². The van der Waals surface area contributed by atoms with Gasteiger partial charge < -0.3 is 9.64 Å². The van der Waals surface area contributed by atoms with E-state index < -0.39 is 0 Å². The van der Waals surface area contributed by atoms with Gasteiger partial charge in [0.25, 0.3) is 0 Å². The standard InChI is InChI=1S/C16H29N5O2/c22-14-4-3-12-10-18-16-17-5-8-23-9-7-20-6-1-2-13(11-20)21(14)15(12)19-16/h12-13,15-19H,1-11H2. The SMILES string of the molecule is O=C1CCC2CNC3NCCOCCN4CCCC(C4)N1C2N3. The maximum absolute atomic E-state index is 12.7. The third-order valence-corrected chi connectivity index (χ3v) is 5.71. The number of piperidine rings is 2. The van der Waals surface area contributed by atoms with Gasteiger partial charge in [0, 0.05) is 44.6 Å². The Morgan fingerprint density at radius 2 is 2.09 bits per heavy atom. The molecular weight excluding hydrogens is 294 g/mol. The first kappa shape index (κ1) is 15.8. The fourth-order valence-electron chi connectivity index (χ4n) is 4.50. The number of carbonyl (C=O) groups excluding carboxylic acids is 1. The molecule has 4 saturated heterocycles. The topological polar surface area (TPSA) is 68.9 Å². The van der Waals surface area contributed by atoms with E-state index >= 15 is 0 Å². The van der Waals surface area contributed by atoms with Gasteiger partial charge in [-0.25, -0.2) is 0 Å². The predicted molar refractivity (Wildman–Crippen MR) is 86.6 cm³/mol. The highest BCUT2D eigenvalue weighted by molar-refractivity contribution is 5.78. The number of hydrogen-bond donors (Lipinski definition) is 3. The van der Waals surface area contributed by atoms with Crippen LogP contribution in [0.4, 0.5) is 0 Å². The van der Waals surface area contributed by atoms with Gasteiger partial charge in [0.1, 0.15) is 6.29 Å². The fourth-order valence-corrected chi connectivity index (χ4v) is 4.50. The number of nitrogens with zero attached hydrogens (tertiary/aromatic N) is 2. The average Bonchev–Trinajstić information content (AvgIpc) is 2.58. The third kappa shape index (κ3) is 3.39. The molecule has 4 heterocycles. The molecule has 4 bridgehead atoms. The van der Waals surface area contributed by atoms with Gasteiger partial charge in [-0.1, -0.05) is 0 Å². The van der Waals surface area contributed by atoms with E-state index in [1.54, 1.807) is 0 Å². The lowest BCUT2D eigenvalue weighted by Gasteiger charge is -2.51. The van der Waals surface area contributed by atoms with Crippen LogP contribution in [-0.2, 0) is 9.53 Å². The maximum Gasteiger partial charge on any atom is 0.224 e. The molecule has 5 unspecified atom stereocenters. The zero-order valence-electron chi connectivity index (χ0n) is 13.8. The van der Waals surface area contributed by atoms with Crippen LogP contribution in [0.2, 0.25) is 0 Å². The summed E-state index contributed by atoms with van der Waals surface area (Å²) >= 11 is 0. The van der Waals surface area contributed by atoms with Crippen LogP contribution in [0.15, 0.2) is 0 Å². The van der Waals surface area contributed by atoms with Crippen molar-refractivity contribution in [2.75, 3.05) is 45.9 Å². The lowest BCUT2D eigenvalue weighted by atomic mass is 9.89. The quantitative estimate of drug-likeness (QED) is 0.537. The Labute approximate surface area is 138 Å². The van der Waals surface area contributed by atoms with E-state index in [4.69, 9.17) is 4.74 Å². The first-order chi connectivity index (χ1) is 11.3. The van der Waals surface area contributed by atoms with Crippen molar-refractivity contribution in [2.45, 2.75) is 44.2 Å². The van der Waals surface area contributed by atoms with Gasteiger partial charge in [-0.05, 0) is 25.8 Å². The Hall–Kier alpha value is -0.730. The van der Waals surface area contributed by atoms with Gasteiger partial charge in [0.2, 0.25) is 5.91 Å². The molecular formula is C16H29N5O2. The summed E-state index contributed by atoms with van der Waals surface area (Å²) in [6.45, 7) is 6.39. The van der Waals surface area contributed by atoms with Crippen LogP contribution < -0.4 is 16.0 Å². The molecule has 0 spiro atoms. The largest absolute Gasteiger partial charge is 0.379 e. The smallest absolute Gasteiger partial charge is 0.224 e. The van der Waals surface area contributed by atoms with E-state index in [9.17, 15) is 4.79 Å². The molecule has 0 aromatic carbocycles. The first-order valence-corrected chi connectivity index (χ1v) is 9.15. The summed E-state index contributed by atoms with van der Waals surface area (Å²) in [5.41, 5.74) is 0. The number of hydrogen-bond acceptors (Lipinski definition) is 6. The molecule has 7 nitrogen and oxygen atoms in total. The number of fused-ring (bicyclic) bond motifs is 4. The van der Waals surface area contributed by atoms with Crippen LogP contribution in [0.5, 0.6) is 0 Å². The van der Waals surface area contributed by atoms with E-state index in [1.165, 1.54) is 6.42 Å². The van der Waals surface area contributed by atoms with Crippen molar-refractivity contribution in [3.63, 3.8) is 0 Å². The molecule has 4 fully saturated rings. The molecule has 1 amide bonds. The van der Waals surface area contributed by atoms with Gasteiger partial charge in [0.05, 0.1) is 19.4 Å². The minimum atomic E-state index is 0.0636. The van der Waals surface area contributed by atoms with E-state index in [0.717, 1.165) is 58.8 Å². The minimum Gasteiger partial charge on any atom is -0.379 e. The Morgan fingerprint density at radius 1 is 1.13 bits per heavy atom. The summed E-state index contributed by atoms with van der Waals surface area (Å²) in [6, 6.07) is 0.344. The lowest BCUT2D eigenvalue weighted by molar-refractivity contribution is -0.147. The highest BCUT2D eigenvalue weighted by Crippen LogP contribution is 2.29. The first-order valence-electron chi connectivity index (χ1n) is 9.15. The fraction of sp³-hybridized carbons (Fsp3) is 0.938. The summed E-state index contributed by atoms with van der Waals surface area (Å²) in [6.07, 6.45) is 4.22. The molecule has 4 rings (SSSR count). The van der Waals surface area contributed by atoms with Crippen molar-refractivity contribution in [3.8, 4) is 0 Å². The molecule has 23 heavy (non-hydrogen) atoms. The van der Waals surface area contributed by atoms with E-state index in [0.29, 0.717) is 24.3 Å². The summed E-state index contributed by atoms with van der Waals surface area (Å²) in [5, 5.41) is 10.6. The van der Waals surface area contributed by atoms with Crippen LogP contribution in [0.25, 0.3) is 0 Å². The molecule has 0 aromatic heterocycles. The summed E-state index contributed by atoms with van der Waals surface area (Å²) in [5.74, 6) is 0.847. The minimum absolute atomic E-state index is 0.0636. The van der Waals surface area contributed by atoms with Crippen LogP contribution in [0.3, 0.4) is 0 Å². The zero-order chi connectivity index (χ0) is 15.6. The monoisotopic (exact) mass is 323 g/mol. The van der Waals surface area contributed by atoms with Crippen LogP contribution in [0.1, 0.15) is 25.7 Å². The summed E-state index contributed by atoms with van der Waals surface area (Å²) < 4.78 is 5.74. The van der Waals surface area contributed by atoms with E-state index in [1.807, 2.05) is 0 Å². The number of amides is 1. The Bertz CT molecular complexity index is 435. The van der Waals surface area contributed by atoms with Gasteiger partial charge in [-0.3, -0.25) is 25.6 Å². The van der Waals surface area contributed by atoms with Crippen LogP contribution in [-0.4, -0.2) is 80.1 Å². The second-order valence-electron chi connectivity index (χ2n) is 7.22. The van der Waals surface area contributed by atoms with Gasteiger partial charge >= 0.3 is 0 Å². The molecule has 0 radical (unpaired) electrons. The molecule has 0 aromatic rings. The highest BCUT2D eigenvalue weighted by atomic mass is 16.5. The molecule has 4 aliphatic rings. The van der Waals surface area contributed by atoms with Crippen molar-refractivity contribution < 1.29 is 9.53 Å². The normalized spacial score (nSPS) is 42.3. The van der Waals surface area contributed by atoms with Crippen molar-refractivity contribution in [1.29, 1.82) is 0 Å². The second-order valence-corrected chi connectivity index (χ2v) is 7.22. The molecule has 3 N–H and O–H groups in total. The van der Waals surface area contributed by atoms with Crippen molar-refractivity contribution in [3.05, 3.63) is 0 Å². The van der Waals surface area contributed by atoms with Crippen molar-refractivity contribution in [1.82, 2.24) is 25.8 Å². The van der Waals surface area contributed by atoms with Gasteiger partial charge in [0.15, 0.2) is 0 Å². The Morgan fingerprint density at radius 3 is 3.04 bits per heavy atom. The Balaban J connectivity index is 1.56.